The Morgan fingerprint density at radius 1 is 1.53 bits per heavy atom. The fourth-order valence-corrected chi connectivity index (χ4v) is 1.52. The molecule has 0 aliphatic heterocycles. The Morgan fingerprint density at radius 2 is 2.35 bits per heavy atom. The quantitative estimate of drug-likeness (QED) is 0.708. The summed E-state index contributed by atoms with van der Waals surface area (Å²) in [6.45, 7) is 0.384. The second-order valence-corrected chi connectivity index (χ2v) is 3.78. The summed E-state index contributed by atoms with van der Waals surface area (Å²) in [5, 5.41) is 9.34. The third kappa shape index (κ3) is 2.94. The van der Waals surface area contributed by atoms with Crippen LogP contribution in [0.3, 0.4) is 0 Å². The van der Waals surface area contributed by atoms with Gasteiger partial charge in [-0.05, 0) is 12.1 Å². The van der Waals surface area contributed by atoms with E-state index in [0.29, 0.717) is 12.1 Å². The molecule has 0 saturated heterocycles. The molecule has 0 radical (unpaired) electrons. The number of carbonyl (C=O) groups excluding carboxylic acids is 1. The molecule has 0 aliphatic carbocycles. The smallest absolute Gasteiger partial charge is 0.251 e. The van der Waals surface area contributed by atoms with Gasteiger partial charge in [-0.3, -0.25) is 9.89 Å². The van der Waals surface area contributed by atoms with E-state index in [1.807, 2.05) is 0 Å². The van der Waals surface area contributed by atoms with Crippen molar-refractivity contribution in [3.05, 3.63) is 40.8 Å². The zero-order valence-electron chi connectivity index (χ0n) is 8.77. The Balaban J connectivity index is 2.04. The molecule has 1 amide bonds. The second kappa shape index (κ2) is 4.84. The van der Waals surface area contributed by atoms with Gasteiger partial charge >= 0.3 is 0 Å². The third-order valence-corrected chi connectivity index (χ3v) is 2.28. The molecule has 7 heteroatoms. The number of aromatic amines is 1. The number of rotatable bonds is 3. The molecule has 2 aromatic heterocycles. The van der Waals surface area contributed by atoms with Gasteiger partial charge in [-0.15, -0.1) is 0 Å². The maximum atomic E-state index is 11.8. The van der Waals surface area contributed by atoms with Gasteiger partial charge in [-0.25, -0.2) is 4.98 Å². The number of nitrogens with two attached hydrogens (primary N) is 1. The lowest BCUT2D eigenvalue weighted by Gasteiger charge is -2.04. The first-order valence-electron chi connectivity index (χ1n) is 4.84. The summed E-state index contributed by atoms with van der Waals surface area (Å²) in [4.78, 5) is 15.5. The highest BCUT2D eigenvalue weighted by Crippen LogP contribution is 2.12. The van der Waals surface area contributed by atoms with Crippen LogP contribution in [0.25, 0.3) is 0 Å². The molecule has 0 aromatic carbocycles. The molecule has 6 nitrogen and oxygen atoms in total. The van der Waals surface area contributed by atoms with Gasteiger partial charge in [0.15, 0.2) is 0 Å². The van der Waals surface area contributed by atoms with Crippen molar-refractivity contribution in [2.45, 2.75) is 6.54 Å². The molecule has 0 fully saturated rings. The number of hydrogen-bond acceptors (Lipinski definition) is 4. The minimum Gasteiger partial charge on any atom is -0.384 e. The molecule has 2 rings (SSSR count). The molecule has 88 valence electrons. The van der Waals surface area contributed by atoms with E-state index in [1.54, 1.807) is 12.4 Å². The molecule has 4 N–H and O–H groups in total. The van der Waals surface area contributed by atoms with Gasteiger partial charge < -0.3 is 11.1 Å². The number of pyridine rings is 1. The van der Waals surface area contributed by atoms with E-state index in [4.69, 9.17) is 17.3 Å². The molecular weight excluding hydrogens is 242 g/mol. The molecule has 0 unspecified atom stereocenters. The Kier molecular flexibility index (Phi) is 3.24. The van der Waals surface area contributed by atoms with Crippen LogP contribution in [0.2, 0.25) is 5.15 Å². The van der Waals surface area contributed by atoms with Crippen LogP contribution < -0.4 is 11.1 Å². The van der Waals surface area contributed by atoms with Crippen LogP contribution >= 0.6 is 11.6 Å². The van der Waals surface area contributed by atoms with E-state index in [9.17, 15) is 4.79 Å². The first-order chi connectivity index (χ1) is 8.15. The molecule has 2 heterocycles. The SMILES string of the molecule is Nc1cc(C(=O)NCc2cn[nH]c2)cc(Cl)n1. The van der Waals surface area contributed by atoms with Crippen LogP contribution in [0.5, 0.6) is 0 Å². The minimum atomic E-state index is -0.262. The monoisotopic (exact) mass is 251 g/mol. The molecule has 0 atom stereocenters. The maximum absolute atomic E-state index is 11.8. The standard InChI is InChI=1S/C10H10ClN5O/c11-8-1-7(2-9(12)16-8)10(17)13-3-6-4-14-15-5-6/h1-2,4-5H,3H2,(H2,12,16)(H,13,17)(H,14,15). The topological polar surface area (TPSA) is 96.7 Å². The molecular formula is C10H10ClN5O. The number of aromatic nitrogens is 3. The first-order valence-corrected chi connectivity index (χ1v) is 5.22. The van der Waals surface area contributed by atoms with Crippen LogP contribution in [0.4, 0.5) is 5.82 Å². The van der Waals surface area contributed by atoms with Crippen molar-refractivity contribution in [3.63, 3.8) is 0 Å². The average molecular weight is 252 g/mol. The van der Waals surface area contributed by atoms with Gasteiger partial charge in [0.1, 0.15) is 11.0 Å². The predicted molar refractivity (Wildman–Crippen MR) is 63.4 cm³/mol. The molecule has 0 bridgehead atoms. The Hall–Kier alpha value is -2.08. The Morgan fingerprint density at radius 3 is 3.00 bits per heavy atom. The van der Waals surface area contributed by atoms with Gasteiger partial charge in [0.2, 0.25) is 0 Å². The average Bonchev–Trinajstić information content (AvgIpc) is 2.77. The number of anilines is 1. The summed E-state index contributed by atoms with van der Waals surface area (Å²) in [5.74, 6) is -0.0480. The lowest BCUT2D eigenvalue weighted by molar-refractivity contribution is 0.0951. The van der Waals surface area contributed by atoms with Crippen LogP contribution in [0.1, 0.15) is 15.9 Å². The van der Waals surface area contributed by atoms with E-state index in [-0.39, 0.29) is 16.9 Å². The molecule has 0 spiro atoms. The summed E-state index contributed by atoms with van der Waals surface area (Å²) in [6, 6.07) is 2.93. The molecule has 17 heavy (non-hydrogen) atoms. The Labute approximate surface area is 102 Å². The van der Waals surface area contributed by atoms with Crippen LogP contribution in [-0.2, 0) is 6.54 Å². The number of hydrogen-bond donors (Lipinski definition) is 3. The summed E-state index contributed by atoms with van der Waals surface area (Å²) in [5.41, 5.74) is 6.76. The van der Waals surface area contributed by atoms with Gasteiger partial charge in [0, 0.05) is 23.9 Å². The number of nitrogens with one attached hydrogen (secondary N) is 2. The fourth-order valence-electron chi connectivity index (χ4n) is 1.31. The zero-order chi connectivity index (χ0) is 12.3. The summed E-state index contributed by atoms with van der Waals surface area (Å²) in [7, 11) is 0. The maximum Gasteiger partial charge on any atom is 0.251 e. The van der Waals surface area contributed by atoms with Crippen molar-refractivity contribution in [1.82, 2.24) is 20.5 Å². The van der Waals surface area contributed by atoms with Crippen molar-refractivity contribution in [1.29, 1.82) is 0 Å². The summed E-state index contributed by atoms with van der Waals surface area (Å²) >= 11 is 5.71. The van der Waals surface area contributed by atoms with Crippen LogP contribution in [0.15, 0.2) is 24.5 Å². The van der Waals surface area contributed by atoms with E-state index < -0.39 is 0 Å². The minimum absolute atomic E-state index is 0.193. The van der Waals surface area contributed by atoms with Gasteiger partial charge in [-0.1, -0.05) is 11.6 Å². The summed E-state index contributed by atoms with van der Waals surface area (Å²) in [6.07, 6.45) is 3.34. The molecule has 2 aromatic rings. The zero-order valence-corrected chi connectivity index (χ0v) is 9.53. The van der Waals surface area contributed by atoms with Gasteiger partial charge in [0.25, 0.3) is 5.91 Å². The largest absolute Gasteiger partial charge is 0.384 e. The van der Waals surface area contributed by atoms with Gasteiger partial charge in [-0.2, -0.15) is 5.10 Å². The second-order valence-electron chi connectivity index (χ2n) is 3.39. The highest BCUT2D eigenvalue weighted by molar-refractivity contribution is 6.29. The van der Waals surface area contributed by atoms with E-state index in [2.05, 4.69) is 20.5 Å². The number of nitrogens with zero attached hydrogens (tertiary/aromatic N) is 2. The first kappa shape index (κ1) is 11.4. The number of halogens is 1. The molecule has 0 saturated carbocycles. The summed E-state index contributed by atoms with van der Waals surface area (Å²) < 4.78 is 0. The normalized spacial score (nSPS) is 10.2. The number of amides is 1. The predicted octanol–water partition coefficient (Wildman–Crippen LogP) is 0.970. The van der Waals surface area contributed by atoms with Crippen molar-refractivity contribution in [2.75, 3.05) is 5.73 Å². The van der Waals surface area contributed by atoms with Crippen LogP contribution in [-0.4, -0.2) is 21.1 Å². The fraction of sp³-hybridized carbons (Fsp3) is 0.100. The van der Waals surface area contributed by atoms with E-state index in [1.165, 1.54) is 12.1 Å². The number of carbonyl (C=O) groups is 1. The van der Waals surface area contributed by atoms with Crippen LogP contribution in [0, 0.1) is 0 Å². The Bertz CT molecular complexity index is 505. The van der Waals surface area contributed by atoms with Crippen molar-refractivity contribution in [3.8, 4) is 0 Å². The van der Waals surface area contributed by atoms with Gasteiger partial charge in [0.05, 0.1) is 6.20 Å². The van der Waals surface area contributed by atoms with E-state index >= 15 is 0 Å². The molecule has 0 aliphatic rings. The highest BCUT2D eigenvalue weighted by Gasteiger charge is 2.08. The number of H-pyrrole nitrogens is 1. The van der Waals surface area contributed by atoms with E-state index in [0.717, 1.165) is 5.56 Å². The lowest BCUT2D eigenvalue weighted by atomic mass is 10.2. The highest BCUT2D eigenvalue weighted by atomic mass is 35.5. The third-order valence-electron chi connectivity index (χ3n) is 2.08. The van der Waals surface area contributed by atoms with Crippen molar-refractivity contribution < 1.29 is 4.79 Å². The number of nitrogen functional groups attached to an aromatic ring is 1. The van der Waals surface area contributed by atoms with Crippen molar-refractivity contribution in [2.24, 2.45) is 0 Å². The van der Waals surface area contributed by atoms with Crippen molar-refractivity contribution >= 4 is 23.3 Å². The lowest BCUT2D eigenvalue weighted by Crippen LogP contribution is -2.22.